The van der Waals surface area contributed by atoms with Gasteiger partial charge in [-0.3, -0.25) is 0 Å². The lowest BCUT2D eigenvalue weighted by Crippen LogP contribution is -2.46. The molecule has 2 atom stereocenters. The molecule has 0 aromatic heterocycles. The Kier molecular flexibility index (Phi) is 13.7. The van der Waals surface area contributed by atoms with Gasteiger partial charge in [-0.2, -0.15) is 52.7 Å². The van der Waals surface area contributed by atoms with Crippen LogP contribution in [0.3, 0.4) is 0 Å². The van der Waals surface area contributed by atoms with Gasteiger partial charge in [0.05, 0.1) is 54.6 Å². The van der Waals surface area contributed by atoms with Crippen molar-refractivity contribution in [3.63, 3.8) is 0 Å². The van der Waals surface area contributed by atoms with Crippen molar-refractivity contribution < 1.29 is 66.6 Å². The van der Waals surface area contributed by atoms with Gasteiger partial charge in [-0.15, -0.1) is 17.0 Å². The summed E-state index contributed by atoms with van der Waals surface area (Å²) in [7, 11) is 4.29. The summed E-state index contributed by atoms with van der Waals surface area (Å²) in [5.41, 5.74) is -7.27. The Balaban J connectivity index is 0.00000782. The summed E-state index contributed by atoms with van der Waals surface area (Å²) in [5.74, 6) is -0.0806. The number of fused-ring (bicyclic) bond motifs is 4. The zero-order valence-corrected chi connectivity index (χ0v) is 41.0. The molecule has 2 aliphatic rings. The maximum atomic E-state index is 14.7. The lowest BCUT2D eigenvalue weighted by Gasteiger charge is -2.40. The van der Waals surface area contributed by atoms with Crippen molar-refractivity contribution in [2.75, 3.05) is 27.8 Å². The lowest BCUT2D eigenvalue weighted by molar-refractivity contribution is -0.945. The maximum Gasteiger partial charge on any atom is 0.416 e. The van der Waals surface area contributed by atoms with Crippen LogP contribution in [0.2, 0.25) is 0 Å². The highest BCUT2D eigenvalue weighted by Crippen LogP contribution is 2.55. The van der Waals surface area contributed by atoms with Crippen molar-refractivity contribution in [3.8, 4) is 16.9 Å². The molecule has 5 aromatic carbocycles. The van der Waals surface area contributed by atoms with Crippen LogP contribution in [-0.2, 0) is 41.4 Å². The number of nitrogens with zero attached hydrogens (tertiary/aromatic N) is 1. The summed E-state index contributed by atoms with van der Waals surface area (Å²) in [4.78, 5) is 0. The van der Waals surface area contributed by atoms with Gasteiger partial charge < -0.3 is 14.0 Å². The third kappa shape index (κ3) is 10.0. The molecule has 0 amide bonds. The Morgan fingerprint density at radius 1 is 0.594 bits per heavy atom. The summed E-state index contributed by atoms with van der Waals surface area (Å²) in [6, 6.07) is 16.7. The van der Waals surface area contributed by atoms with Gasteiger partial charge in [0.2, 0.25) is 5.76 Å². The first kappa shape index (κ1) is 53.0. The average molecular weight is 1040 g/mol. The van der Waals surface area contributed by atoms with Gasteiger partial charge in [-0.1, -0.05) is 84.0 Å². The molecule has 3 nitrogen and oxygen atoms in total. The van der Waals surface area contributed by atoms with Crippen LogP contribution in [0.4, 0.5) is 52.7 Å². The van der Waals surface area contributed by atoms with Crippen molar-refractivity contribution in [1.29, 1.82) is 0 Å². The number of rotatable bonds is 6. The Labute approximate surface area is 403 Å². The minimum atomic E-state index is -5.23. The van der Waals surface area contributed by atoms with E-state index in [-0.39, 0.29) is 97.2 Å². The monoisotopic (exact) mass is 1040 g/mol. The quantitative estimate of drug-likeness (QED) is 0.0959. The van der Waals surface area contributed by atoms with Gasteiger partial charge in [0.1, 0.15) is 41.6 Å². The number of hydrogen-bond acceptors (Lipinski definition) is 2. The van der Waals surface area contributed by atoms with E-state index in [9.17, 15) is 52.7 Å². The SMILES string of the molecule is Br.COC1=C(C(C)(C)C)[C+]=C2C(=C1c1cc(C(F)(F)F)cc(C(F)(F)F)c1)C[N@+](C)(C(C)c1cccc3ccccc13)Cc1c2cc(C(C)(C)C)c(OC)c1-c1cc(C(F)(F)F)cc(C(F)(F)F)c1. The second-order valence-corrected chi connectivity index (χ2v) is 19.7. The molecule has 1 heterocycles. The largest absolute Gasteiger partial charge is 0.496 e. The first-order chi connectivity index (χ1) is 31.2. The zero-order valence-electron chi connectivity index (χ0n) is 39.3. The number of ether oxygens (including phenoxy) is 2. The normalized spacial score (nSPS) is 17.6. The Morgan fingerprint density at radius 3 is 1.55 bits per heavy atom. The van der Waals surface area contributed by atoms with E-state index in [2.05, 4.69) is 6.08 Å². The number of quaternary nitrogens is 1. The molecule has 0 bridgehead atoms. The minimum absolute atomic E-state index is 0. The molecular formula is C53H50BrF12NO2+2. The van der Waals surface area contributed by atoms with Crippen LogP contribution in [-0.4, -0.2) is 32.3 Å². The van der Waals surface area contributed by atoms with E-state index < -0.39 is 75.0 Å². The number of benzene rings is 5. The van der Waals surface area contributed by atoms with Crippen molar-refractivity contribution in [3.05, 3.63) is 158 Å². The minimum Gasteiger partial charge on any atom is -0.496 e. The van der Waals surface area contributed by atoms with E-state index in [0.29, 0.717) is 29.8 Å². The summed E-state index contributed by atoms with van der Waals surface area (Å²) in [6.07, 6.45) is -17.5. The molecule has 0 fully saturated rings. The first-order valence-corrected chi connectivity index (χ1v) is 21.5. The zero-order chi connectivity index (χ0) is 50.5. The molecule has 1 aliphatic heterocycles. The third-order valence-electron chi connectivity index (χ3n) is 12.9. The highest BCUT2D eigenvalue weighted by molar-refractivity contribution is 8.93. The van der Waals surface area contributed by atoms with Crippen LogP contribution < -0.4 is 4.74 Å². The molecular weight excluding hydrogens is 990 g/mol. The molecule has 0 spiro atoms. The second kappa shape index (κ2) is 17.8. The number of likely N-dealkylation sites (N-methyl/N-ethyl adjacent to an activating group) is 1. The molecule has 1 aliphatic carbocycles. The second-order valence-electron chi connectivity index (χ2n) is 19.7. The topological polar surface area (TPSA) is 18.5 Å². The van der Waals surface area contributed by atoms with Crippen LogP contribution in [0.25, 0.3) is 33.0 Å². The summed E-state index contributed by atoms with van der Waals surface area (Å²) >= 11 is 0. The smallest absolute Gasteiger partial charge is 0.416 e. The standard InChI is InChI=1S/C53H49F12NO2.BrH/c1-28(36-17-13-15-29-14-11-12-16-37(29)36)66(8)26-40-38(24-42(48(2,3)4)46(67-9)44(40)30-18-32(50(54,55)56)22-33(19-30)51(57,58)59)39-25-43(49(5,6)7)47(68-10)45(41(39)27-66)31-20-34(52(60,61)62)23-35(21-31)53(63,64)65;/h11-24,28H,26-27H2,1-10H3;1H/q+2;/t28?,66-;/m1./s1. The van der Waals surface area contributed by atoms with Crippen LogP contribution in [0.5, 0.6) is 5.75 Å². The van der Waals surface area contributed by atoms with Gasteiger partial charge in [0.15, 0.2) is 5.57 Å². The van der Waals surface area contributed by atoms with E-state index in [1.807, 2.05) is 49.4 Å². The van der Waals surface area contributed by atoms with Crippen LogP contribution >= 0.6 is 17.0 Å². The molecule has 0 radical (unpaired) electrons. The van der Waals surface area contributed by atoms with Crippen molar-refractivity contribution in [1.82, 2.24) is 0 Å². The molecule has 7 rings (SSSR count). The average Bonchev–Trinajstić information content (AvgIpc) is 3.35. The molecule has 0 saturated carbocycles. The summed E-state index contributed by atoms with van der Waals surface area (Å²) in [6.45, 7) is 12.1. The van der Waals surface area contributed by atoms with Crippen LogP contribution in [0.15, 0.2) is 102 Å². The van der Waals surface area contributed by atoms with Crippen LogP contribution in [0, 0.1) is 11.5 Å². The molecule has 16 heteroatoms. The van der Waals surface area contributed by atoms with E-state index in [1.165, 1.54) is 14.2 Å². The Hall–Kier alpha value is -5.31. The van der Waals surface area contributed by atoms with E-state index in [1.54, 1.807) is 54.7 Å². The predicted octanol–water partition coefficient (Wildman–Crippen LogP) is 16.8. The van der Waals surface area contributed by atoms with E-state index >= 15 is 0 Å². The van der Waals surface area contributed by atoms with Gasteiger partial charge in [0.25, 0.3) is 0 Å². The number of hydrogen-bond donors (Lipinski definition) is 0. The van der Waals surface area contributed by atoms with Gasteiger partial charge in [-0.25, -0.2) is 0 Å². The fraction of sp³-hybridized carbons (Fsp3) is 0.358. The van der Waals surface area contributed by atoms with Crippen molar-refractivity contribution >= 4 is 38.9 Å². The van der Waals surface area contributed by atoms with Crippen molar-refractivity contribution in [2.45, 2.75) is 91.2 Å². The summed E-state index contributed by atoms with van der Waals surface area (Å²) in [5, 5.41) is 1.65. The molecule has 368 valence electrons. The van der Waals surface area contributed by atoms with E-state index in [4.69, 9.17) is 9.47 Å². The molecule has 0 saturated heterocycles. The third-order valence-corrected chi connectivity index (χ3v) is 12.9. The number of alkyl halides is 12. The maximum absolute atomic E-state index is 14.7. The molecule has 69 heavy (non-hydrogen) atoms. The highest BCUT2D eigenvalue weighted by atomic mass is 79.9. The van der Waals surface area contributed by atoms with Gasteiger partial charge in [-0.05, 0) is 71.1 Å². The summed E-state index contributed by atoms with van der Waals surface area (Å²) < 4.78 is 189. The number of allylic oxidation sites excluding steroid dienone is 3. The Bertz CT molecular complexity index is 2850. The highest BCUT2D eigenvalue weighted by Gasteiger charge is 2.50. The Morgan fingerprint density at radius 2 is 1.09 bits per heavy atom. The molecule has 1 unspecified atom stereocenters. The van der Waals surface area contributed by atoms with Gasteiger partial charge >= 0.3 is 24.7 Å². The molecule has 0 N–H and O–H groups in total. The molecule has 5 aromatic rings. The fourth-order valence-corrected chi connectivity index (χ4v) is 9.44. The predicted molar refractivity (Wildman–Crippen MR) is 248 cm³/mol. The van der Waals surface area contributed by atoms with Gasteiger partial charge in [0, 0.05) is 33.7 Å². The fourth-order valence-electron chi connectivity index (χ4n) is 9.44. The number of halogens is 13. The van der Waals surface area contributed by atoms with Crippen LogP contribution in [0.1, 0.15) is 105 Å². The number of methoxy groups -OCH3 is 2. The van der Waals surface area contributed by atoms with E-state index in [0.717, 1.165) is 16.3 Å². The van der Waals surface area contributed by atoms with Crippen molar-refractivity contribution in [2.24, 2.45) is 5.41 Å². The lowest BCUT2D eigenvalue weighted by atomic mass is 9.73. The first-order valence-electron chi connectivity index (χ1n) is 21.5.